The molecule has 0 radical (unpaired) electrons. The molecule has 2 saturated heterocycles. The van der Waals surface area contributed by atoms with E-state index >= 15 is 0 Å². The van der Waals surface area contributed by atoms with E-state index in [-0.39, 0.29) is 31.2 Å². The van der Waals surface area contributed by atoms with Gasteiger partial charge in [0.25, 0.3) is 0 Å². The summed E-state index contributed by atoms with van der Waals surface area (Å²) in [7, 11) is 3.19. The van der Waals surface area contributed by atoms with E-state index in [1.807, 2.05) is 37.3 Å². The van der Waals surface area contributed by atoms with Gasteiger partial charge < -0.3 is 28.4 Å². The van der Waals surface area contributed by atoms with Gasteiger partial charge in [-0.15, -0.1) is 0 Å². The lowest BCUT2D eigenvalue weighted by Crippen LogP contribution is -2.56. The fourth-order valence-corrected chi connectivity index (χ4v) is 2.92. The van der Waals surface area contributed by atoms with Crippen LogP contribution in [0.5, 0.6) is 0 Å². The number of benzene rings is 1. The first kappa shape index (κ1) is 15.9. The summed E-state index contributed by atoms with van der Waals surface area (Å²) in [5.74, 6) is 0. The molecule has 2 aliphatic heterocycles. The van der Waals surface area contributed by atoms with E-state index in [0.717, 1.165) is 5.56 Å². The summed E-state index contributed by atoms with van der Waals surface area (Å²) < 4.78 is 34.1. The molecule has 22 heavy (non-hydrogen) atoms. The molecule has 0 saturated carbocycles. The second-order valence-electron chi connectivity index (χ2n) is 5.43. The summed E-state index contributed by atoms with van der Waals surface area (Å²) >= 11 is 0. The molecule has 122 valence electrons. The van der Waals surface area contributed by atoms with Gasteiger partial charge in [-0.05, 0) is 6.92 Å². The minimum atomic E-state index is -0.476. The van der Waals surface area contributed by atoms with Gasteiger partial charge >= 0.3 is 0 Å². The molecule has 2 fully saturated rings. The maximum absolute atomic E-state index is 6.10. The van der Waals surface area contributed by atoms with Crippen molar-refractivity contribution in [3.05, 3.63) is 35.9 Å². The average Bonchev–Trinajstić information content (AvgIpc) is 2.99. The number of ether oxygens (including phenoxy) is 6. The van der Waals surface area contributed by atoms with E-state index < -0.39 is 12.6 Å². The maximum atomic E-state index is 6.10. The largest absolute Gasteiger partial charge is 0.359 e. The molecule has 2 aliphatic rings. The van der Waals surface area contributed by atoms with Crippen LogP contribution in [0.1, 0.15) is 18.8 Å². The van der Waals surface area contributed by atoms with Crippen molar-refractivity contribution in [1.82, 2.24) is 0 Å². The quantitative estimate of drug-likeness (QED) is 0.774. The van der Waals surface area contributed by atoms with Crippen LogP contribution in [0.3, 0.4) is 0 Å². The van der Waals surface area contributed by atoms with Crippen LogP contribution < -0.4 is 0 Å². The molecule has 6 heteroatoms. The molecular formula is C16H22O6. The Morgan fingerprint density at radius 3 is 2.41 bits per heavy atom. The molecular weight excluding hydrogens is 288 g/mol. The monoisotopic (exact) mass is 310 g/mol. The van der Waals surface area contributed by atoms with Gasteiger partial charge in [-0.25, -0.2) is 0 Å². The van der Waals surface area contributed by atoms with Crippen molar-refractivity contribution in [2.24, 2.45) is 0 Å². The number of hydrogen-bond acceptors (Lipinski definition) is 6. The predicted molar refractivity (Wildman–Crippen MR) is 77.0 cm³/mol. The van der Waals surface area contributed by atoms with Crippen LogP contribution in [0.4, 0.5) is 0 Å². The summed E-state index contributed by atoms with van der Waals surface area (Å²) in [6.07, 6.45) is -1.99. The number of fused-ring (bicyclic) bond motifs is 1. The van der Waals surface area contributed by atoms with Crippen LogP contribution in [0, 0.1) is 0 Å². The van der Waals surface area contributed by atoms with Gasteiger partial charge in [0.2, 0.25) is 0 Å². The highest BCUT2D eigenvalue weighted by molar-refractivity contribution is 5.17. The van der Waals surface area contributed by atoms with E-state index in [4.69, 9.17) is 28.4 Å². The second kappa shape index (κ2) is 7.04. The van der Waals surface area contributed by atoms with Crippen LogP contribution in [-0.2, 0) is 28.4 Å². The van der Waals surface area contributed by atoms with Crippen molar-refractivity contribution in [2.45, 2.75) is 43.9 Å². The van der Waals surface area contributed by atoms with Gasteiger partial charge in [0.05, 0.1) is 6.10 Å². The lowest BCUT2D eigenvalue weighted by Gasteiger charge is -2.39. The van der Waals surface area contributed by atoms with Gasteiger partial charge in [0, 0.05) is 19.8 Å². The molecule has 6 atom stereocenters. The molecule has 0 bridgehead atoms. The van der Waals surface area contributed by atoms with Gasteiger partial charge in [-0.1, -0.05) is 30.3 Å². The zero-order valence-corrected chi connectivity index (χ0v) is 13.0. The molecule has 1 aromatic rings. The smallest absolute Gasteiger partial charge is 0.186 e. The fraction of sp³-hybridized carbons (Fsp3) is 0.625. The van der Waals surface area contributed by atoms with E-state index in [1.165, 1.54) is 0 Å². The van der Waals surface area contributed by atoms with Crippen LogP contribution >= 0.6 is 0 Å². The van der Waals surface area contributed by atoms with Crippen LogP contribution in [0.25, 0.3) is 0 Å². The van der Waals surface area contributed by atoms with Gasteiger partial charge in [-0.3, -0.25) is 0 Å². The topological polar surface area (TPSA) is 55.4 Å². The number of rotatable bonds is 5. The van der Waals surface area contributed by atoms with E-state index in [0.29, 0.717) is 0 Å². The third kappa shape index (κ3) is 3.03. The summed E-state index contributed by atoms with van der Waals surface area (Å²) in [6.45, 7) is 2.11. The summed E-state index contributed by atoms with van der Waals surface area (Å²) in [5, 5.41) is 0. The Hall–Kier alpha value is -1.02. The summed E-state index contributed by atoms with van der Waals surface area (Å²) in [4.78, 5) is 0. The lowest BCUT2D eigenvalue weighted by molar-refractivity contribution is -0.277. The van der Waals surface area contributed by atoms with Crippen molar-refractivity contribution in [3.8, 4) is 0 Å². The first-order valence-electron chi connectivity index (χ1n) is 7.39. The Bertz CT molecular complexity index is 467. The third-order valence-corrected chi connectivity index (χ3v) is 3.97. The molecule has 0 spiro atoms. The minimum Gasteiger partial charge on any atom is -0.359 e. The van der Waals surface area contributed by atoms with Crippen molar-refractivity contribution >= 4 is 0 Å². The van der Waals surface area contributed by atoms with Crippen molar-refractivity contribution in [2.75, 3.05) is 21.0 Å². The van der Waals surface area contributed by atoms with E-state index in [2.05, 4.69) is 0 Å². The van der Waals surface area contributed by atoms with Crippen LogP contribution in [0.15, 0.2) is 30.3 Å². The first-order valence-corrected chi connectivity index (χ1v) is 7.39. The maximum Gasteiger partial charge on any atom is 0.186 e. The van der Waals surface area contributed by atoms with Crippen LogP contribution in [-0.4, -0.2) is 51.7 Å². The van der Waals surface area contributed by atoms with Crippen molar-refractivity contribution in [3.63, 3.8) is 0 Å². The molecule has 0 N–H and O–H groups in total. The standard InChI is InChI=1S/C16H22O6/c1-10-12(19-9-17-2)13-14(16(18-3)20-10)22-15(21-13)11-7-5-4-6-8-11/h4-8,10,12-16H,9H2,1-3H3/t10-,12-,13+,14+,15?,16+/m0/s1. The molecule has 3 rings (SSSR count). The fourth-order valence-electron chi connectivity index (χ4n) is 2.92. The molecule has 1 unspecified atom stereocenters. The Kier molecular flexibility index (Phi) is 5.07. The molecule has 2 heterocycles. The molecule has 1 aromatic carbocycles. The Balaban J connectivity index is 1.79. The molecule has 0 amide bonds. The number of methoxy groups -OCH3 is 2. The zero-order valence-electron chi connectivity index (χ0n) is 13.0. The average molecular weight is 310 g/mol. The number of hydrogen-bond donors (Lipinski definition) is 0. The minimum absolute atomic E-state index is 0.179. The van der Waals surface area contributed by atoms with Gasteiger partial charge in [0.1, 0.15) is 25.1 Å². The van der Waals surface area contributed by atoms with Crippen LogP contribution in [0.2, 0.25) is 0 Å². The first-order chi connectivity index (χ1) is 10.7. The highest BCUT2D eigenvalue weighted by atomic mass is 16.8. The zero-order chi connectivity index (χ0) is 15.5. The summed E-state index contributed by atoms with van der Waals surface area (Å²) in [6, 6.07) is 9.81. The van der Waals surface area contributed by atoms with Crippen molar-refractivity contribution < 1.29 is 28.4 Å². The van der Waals surface area contributed by atoms with E-state index in [1.54, 1.807) is 14.2 Å². The highest BCUT2D eigenvalue weighted by Crippen LogP contribution is 2.40. The Labute approximate surface area is 130 Å². The van der Waals surface area contributed by atoms with E-state index in [9.17, 15) is 0 Å². The Morgan fingerprint density at radius 1 is 1.00 bits per heavy atom. The second-order valence-corrected chi connectivity index (χ2v) is 5.43. The van der Waals surface area contributed by atoms with Gasteiger partial charge in [-0.2, -0.15) is 0 Å². The lowest BCUT2D eigenvalue weighted by atomic mass is 10.00. The van der Waals surface area contributed by atoms with Gasteiger partial charge in [0.15, 0.2) is 12.6 Å². The third-order valence-electron chi connectivity index (χ3n) is 3.97. The summed E-state index contributed by atoms with van der Waals surface area (Å²) in [5.41, 5.74) is 0.963. The molecule has 6 nitrogen and oxygen atoms in total. The SMILES string of the molecule is COCO[C@@H]1[C@H]2OC(c3ccccc3)O[C@H]2[C@H](OC)O[C@H]1C. The molecule has 0 aliphatic carbocycles. The highest BCUT2D eigenvalue weighted by Gasteiger charge is 2.53. The Morgan fingerprint density at radius 2 is 1.73 bits per heavy atom. The normalized spacial score (nSPS) is 38.0. The van der Waals surface area contributed by atoms with Crippen molar-refractivity contribution in [1.29, 1.82) is 0 Å². The predicted octanol–water partition coefficient (Wildman–Crippen LogP) is 1.85. The molecule has 0 aromatic heterocycles.